The third kappa shape index (κ3) is 2.88. The fourth-order valence-corrected chi connectivity index (χ4v) is 4.59. The van der Waals surface area contributed by atoms with Crippen LogP contribution in [0.2, 0.25) is 0 Å². The van der Waals surface area contributed by atoms with Gasteiger partial charge >= 0.3 is 0 Å². The van der Waals surface area contributed by atoms with E-state index in [1.165, 1.54) is 11.8 Å². The number of carbonyl (C=O) groups excluding carboxylic acids is 1. The summed E-state index contributed by atoms with van der Waals surface area (Å²) in [6.45, 7) is 0.919. The largest absolute Gasteiger partial charge is 0.360 e. The maximum absolute atomic E-state index is 12.8. The van der Waals surface area contributed by atoms with Crippen molar-refractivity contribution < 1.29 is 4.79 Å². The van der Waals surface area contributed by atoms with Crippen LogP contribution in [0.15, 0.2) is 64.5 Å². The fourth-order valence-electron chi connectivity index (χ4n) is 3.66. The average Bonchev–Trinajstić information content (AvgIpc) is 3.15. The van der Waals surface area contributed by atoms with Gasteiger partial charge in [-0.15, -0.1) is 11.8 Å². The highest BCUT2D eigenvalue weighted by Gasteiger charge is 2.25. The Bertz CT molecular complexity index is 1260. The monoisotopic (exact) mass is 390 g/mol. The normalized spacial score (nSPS) is 13.8. The number of hydrogen-bond donors (Lipinski definition) is 1. The minimum Gasteiger partial charge on any atom is -0.360 e. The van der Waals surface area contributed by atoms with Gasteiger partial charge in [-0.05, 0) is 18.2 Å². The summed E-state index contributed by atoms with van der Waals surface area (Å²) in [6.07, 6.45) is 4.27. The van der Waals surface area contributed by atoms with Gasteiger partial charge in [0, 0.05) is 41.2 Å². The van der Waals surface area contributed by atoms with E-state index < -0.39 is 0 Å². The third-order valence-electron chi connectivity index (χ3n) is 5.14. The van der Waals surface area contributed by atoms with E-state index in [0.29, 0.717) is 36.5 Å². The molecule has 0 atom stereocenters. The molecule has 1 aromatic carbocycles. The molecule has 0 saturated heterocycles. The van der Waals surface area contributed by atoms with E-state index >= 15 is 0 Å². The molecule has 1 N–H and O–H groups in total. The minimum absolute atomic E-state index is 0.0403. The van der Waals surface area contributed by atoms with Crippen molar-refractivity contribution >= 4 is 34.2 Å². The molecule has 0 aliphatic carbocycles. The summed E-state index contributed by atoms with van der Waals surface area (Å²) in [7, 11) is 0. The molecule has 0 unspecified atom stereocenters. The molecule has 1 aliphatic rings. The molecule has 4 aromatic rings. The predicted molar refractivity (Wildman–Crippen MR) is 110 cm³/mol. The van der Waals surface area contributed by atoms with E-state index in [9.17, 15) is 9.59 Å². The molecule has 3 aromatic heterocycles. The van der Waals surface area contributed by atoms with Crippen molar-refractivity contribution in [3.63, 3.8) is 0 Å². The molecular formula is C21H18N4O2S. The molecule has 5 rings (SSSR count). The highest BCUT2D eigenvalue weighted by molar-refractivity contribution is 8.00. The van der Waals surface area contributed by atoms with Crippen LogP contribution in [-0.4, -0.2) is 37.5 Å². The van der Waals surface area contributed by atoms with Gasteiger partial charge in [0.1, 0.15) is 5.65 Å². The van der Waals surface area contributed by atoms with Crippen LogP contribution in [0.1, 0.15) is 11.3 Å². The predicted octanol–water partition coefficient (Wildman–Crippen LogP) is 2.85. The van der Waals surface area contributed by atoms with Crippen molar-refractivity contribution in [2.24, 2.45) is 0 Å². The van der Waals surface area contributed by atoms with Gasteiger partial charge in [0.15, 0.2) is 0 Å². The maximum atomic E-state index is 12.8. The molecule has 28 heavy (non-hydrogen) atoms. The number of benzene rings is 1. The van der Waals surface area contributed by atoms with Crippen molar-refractivity contribution in [2.45, 2.75) is 17.9 Å². The van der Waals surface area contributed by atoms with E-state index in [4.69, 9.17) is 0 Å². The number of amides is 1. The molecular weight excluding hydrogens is 372 g/mol. The van der Waals surface area contributed by atoms with Crippen LogP contribution in [-0.2, 0) is 17.8 Å². The van der Waals surface area contributed by atoms with Crippen molar-refractivity contribution in [3.8, 4) is 0 Å². The zero-order chi connectivity index (χ0) is 19.1. The lowest BCUT2D eigenvalue weighted by molar-refractivity contribution is -0.129. The number of fused-ring (bicyclic) bond motifs is 3. The second-order valence-electron chi connectivity index (χ2n) is 6.82. The summed E-state index contributed by atoms with van der Waals surface area (Å²) in [5.41, 5.74) is 3.07. The molecule has 0 bridgehead atoms. The van der Waals surface area contributed by atoms with Crippen LogP contribution in [0.5, 0.6) is 0 Å². The quantitative estimate of drug-likeness (QED) is 0.546. The van der Waals surface area contributed by atoms with E-state index in [1.54, 1.807) is 15.5 Å². The Kier molecular flexibility index (Phi) is 4.16. The number of para-hydroxylation sites is 1. The molecule has 0 fully saturated rings. The molecule has 7 heteroatoms. The van der Waals surface area contributed by atoms with E-state index in [2.05, 4.69) is 9.97 Å². The molecule has 140 valence electrons. The summed E-state index contributed by atoms with van der Waals surface area (Å²) in [5.74, 6) is 0.387. The van der Waals surface area contributed by atoms with Gasteiger partial charge in [0.2, 0.25) is 5.91 Å². The van der Waals surface area contributed by atoms with Gasteiger partial charge < -0.3 is 9.88 Å². The third-order valence-corrected chi connectivity index (χ3v) is 6.18. The van der Waals surface area contributed by atoms with Crippen molar-refractivity contribution in [2.75, 3.05) is 12.3 Å². The van der Waals surface area contributed by atoms with Crippen LogP contribution in [0.4, 0.5) is 0 Å². The van der Waals surface area contributed by atoms with Crippen molar-refractivity contribution in [1.29, 1.82) is 0 Å². The topological polar surface area (TPSA) is 70.5 Å². The Morgan fingerprint density at radius 2 is 2.04 bits per heavy atom. The van der Waals surface area contributed by atoms with Gasteiger partial charge in [0.05, 0.1) is 23.6 Å². The zero-order valence-electron chi connectivity index (χ0n) is 15.1. The summed E-state index contributed by atoms with van der Waals surface area (Å²) in [5, 5.41) is 1.12. The Balaban J connectivity index is 1.35. The molecule has 1 aliphatic heterocycles. The van der Waals surface area contributed by atoms with Crippen LogP contribution in [0, 0.1) is 0 Å². The zero-order valence-corrected chi connectivity index (χ0v) is 15.9. The lowest BCUT2D eigenvalue weighted by Crippen LogP contribution is -2.41. The molecule has 4 heterocycles. The number of aromatic amines is 1. The average molecular weight is 390 g/mol. The maximum Gasteiger partial charge on any atom is 0.263 e. The SMILES string of the molecule is O=C(CSc1c[nH]c2ccccc12)N1CCc2nc3ccccn3c(=O)c2C1. The Morgan fingerprint density at radius 3 is 2.96 bits per heavy atom. The van der Waals surface area contributed by atoms with E-state index in [-0.39, 0.29) is 11.5 Å². The van der Waals surface area contributed by atoms with Crippen LogP contribution < -0.4 is 5.56 Å². The van der Waals surface area contributed by atoms with Crippen molar-refractivity contribution in [1.82, 2.24) is 19.3 Å². The molecule has 0 spiro atoms. The smallest absolute Gasteiger partial charge is 0.263 e. The number of thioether (sulfide) groups is 1. The van der Waals surface area contributed by atoms with Gasteiger partial charge in [-0.1, -0.05) is 24.3 Å². The summed E-state index contributed by atoms with van der Waals surface area (Å²) >= 11 is 1.52. The Labute approximate surface area is 165 Å². The van der Waals surface area contributed by atoms with Crippen LogP contribution in [0.25, 0.3) is 16.6 Å². The molecule has 1 amide bonds. The first-order valence-corrected chi connectivity index (χ1v) is 10.1. The first-order valence-electron chi connectivity index (χ1n) is 9.16. The summed E-state index contributed by atoms with van der Waals surface area (Å²) < 4.78 is 1.55. The minimum atomic E-state index is -0.0811. The Hall–Kier alpha value is -3.06. The van der Waals surface area contributed by atoms with Crippen LogP contribution >= 0.6 is 11.8 Å². The van der Waals surface area contributed by atoms with E-state index in [0.717, 1.165) is 21.5 Å². The molecule has 0 radical (unpaired) electrons. The van der Waals surface area contributed by atoms with E-state index in [1.807, 2.05) is 48.7 Å². The number of rotatable bonds is 3. The summed E-state index contributed by atoms with van der Waals surface area (Å²) in [6, 6.07) is 13.6. The fraction of sp³-hybridized carbons (Fsp3) is 0.190. The second kappa shape index (κ2) is 6.83. The number of nitrogens with zero attached hydrogens (tertiary/aromatic N) is 3. The number of carbonyl (C=O) groups is 1. The standard InChI is InChI=1S/C21H18N4O2S/c26-20(13-28-18-11-22-16-6-2-1-5-14(16)18)24-10-8-17-15(12-24)21(27)25-9-4-3-7-19(25)23-17/h1-7,9,11,22H,8,10,12-13H2. The molecule has 6 nitrogen and oxygen atoms in total. The van der Waals surface area contributed by atoms with Crippen LogP contribution in [0.3, 0.4) is 0 Å². The highest BCUT2D eigenvalue weighted by atomic mass is 32.2. The van der Waals surface area contributed by atoms with Crippen molar-refractivity contribution in [3.05, 3.63) is 76.5 Å². The number of pyridine rings is 1. The van der Waals surface area contributed by atoms with Gasteiger partial charge in [0.25, 0.3) is 5.56 Å². The Morgan fingerprint density at radius 1 is 1.18 bits per heavy atom. The first-order chi connectivity index (χ1) is 13.7. The highest BCUT2D eigenvalue weighted by Crippen LogP contribution is 2.28. The van der Waals surface area contributed by atoms with Gasteiger partial charge in [-0.2, -0.15) is 0 Å². The number of hydrogen-bond acceptors (Lipinski definition) is 4. The summed E-state index contributed by atoms with van der Waals surface area (Å²) in [4.78, 5) is 36.3. The second-order valence-corrected chi connectivity index (χ2v) is 7.84. The lowest BCUT2D eigenvalue weighted by atomic mass is 10.1. The van der Waals surface area contributed by atoms with Gasteiger partial charge in [-0.3, -0.25) is 14.0 Å². The first kappa shape index (κ1) is 17.1. The lowest BCUT2D eigenvalue weighted by Gasteiger charge is -2.28. The number of nitrogens with one attached hydrogen (secondary N) is 1. The molecule has 0 saturated carbocycles. The number of aromatic nitrogens is 3. The number of H-pyrrole nitrogens is 1. The van der Waals surface area contributed by atoms with Gasteiger partial charge in [-0.25, -0.2) is 4.98 Å².